The molecule has 0 aliphatic carbocycles. The zero-order valence-electron chi connectivity index (χ0n) is 8.92. The molecule has 5 nitrogen and oxygen atoms in total. The molecule has 0 spiro atoms. The van der Waals surface area contributed by atoms with Crippen LogP contribution in [-0.4, -0.2) is 14.9 Å². The van der Waals surface area contributed by atoms with Gasteiger partial charge in [-0.15, -0.1) is 0 Å². The molecule has 0 aliphatic rings. The minimum atomic E-state index is -0.492. The van der Waals surface area contributed by atoms with Crippen molar-refractivity contribution < 1.29 is 4.92 Å². The van der Waals surface area contributed by atoms with E-state index in [1.54, 1.807) is 24.3 Å². The summed E-state index contributed by atoms with van der Waals surface area (Å²) >= 11 is 5.73. The number of nitro groups is 1. The molecule has 17 heavy (non-hydrogen) atoms. The first-order valence-corrected chi connectivity index (χ1v) is 5.21. The topological polar surface area (TPSA) is 68.9 Å². The first-order valence-electron chi connectivity index (χ1n) is 4.83. The standard InChI is InChI=1S/C11H8ClN3O2/c1-7-10(15(16)17)9(14-11(12)13-7)8-5-3-2-4-6-8/h2-6H,1H3. The average molecular weight is 250 g/mol. The van der Waals surface area contributed by atoms with Gasteiger partial charge in [0.05, 0.1) is 4.92 Å². The summed E-state index contributed by atoms with van der Waals surface area (Å²) in [6.45, 7) is 1.54. The van der Waals surface area contributed by atoms with Gasteiger partial charge in [0.1, 0.15) is 5.69 Å². The molecule has 1 aromatic heterocycles. The summed E-state index contributed by atoms with van der Waals surface area (Å²) in [4.78, 5) is 18.2. The Hall–Kier alpha value is -2.01. The summed E-state index contributed by atoms with van der Waals surface area (Å²) in [6, 6.07) is 8.87. The molecule has 0 unspecified atom stereocenters. The summed E-state index contributed by atoms with van der Waals surface area (Å²) in [6.07, 6.45) is 0. The number of aromatic nitrogens is 2. The minimum Gasteiger partial charge on any atom is -0.258 e. The van der Waals surface area contributed by atoms with Gasteiger partial charge in [0.15, 0.2) is 5.69 Å². The monoisotopic (exact) mass is 249 g/mol. The van der Waals surface area contributed by atoms with Gasteiger partial charge < -0.3 is 0 Å². The van der Waals surface area contributed by atoms with Crippen molar-refractivity contribution in [1.82, 2.24) is 9.97 Å². The van der Waals surface area contributed by atoms with E-state index in [1.165, 1.54) is 6.92 Å². The van der Waals surface area contributed by atoms with Gasteiger partial charge in [-0.25, -0.2) is 9.97 Å². The molecule has 0 amide bonds. The third-order valence-corrected chi connectivity index (χ3v) is 2.43. The molecule has 1 heterocycles. The van der Waals surface area contributed by atoms with Crippen LogP contribution in [0.2, 0.25) is 5.28 Å². The lowest BCUT2D eigenvalue weighted by Gasteiger charge is -2.04. The van der Waals surface area contributed by atoms with Crippen LogP contribution in [0.5, 0.6) is 0 Å². The number of halogens is 1. The van der Waals surface area contributed by atoms with Crippen molar-refractivity contribution in [2.24, 2.45) is 0 Å². The second kappa shape index (κ2) is 4.47. The van der Waals surface area contributed by atoms with E-state index in [9.17, 15) is 10.1 Å². The Morgan fingerprint density at radius 1 is 1.24 bits per heavy atom. The number of hydrogen-bond donors (Lipinski definition) is 0. The third kappa shape index (κ3) is 2.24. The zero-order chi connectivity index (χ0) is 12.4. The molecule has 0 fully saturated rings. The average Bonchev–Trinajstić information content (AvgIpc) is 2.28. The zero-order valence-corrected chi connectivity index (χ0v) is 9.68. The molecule has 2 rings (SSSR count). The van der Waals surface area contributed by atoms with Crippen molar-refractivity contribution in [2.75, 3.05) is 0 Å². The number of nitrogens with zero attached hydrogens (tertiary/aromatic N) is 3. The van der Waals surface area contributed by atoms with Crippen molar-refractivity contribution >= 4 is 17.3 Å². The Kier molecular flexibility index (Phi) is 3.01. The Morgan fingerprint density at radius 3 is 2.47 bits per heavy atom. The number of rotatable bonds is 2. The summed E-state index contributed by atoms with van der Waals surface area (Å²) in [7, 11) is 0. The molecule has 0 saturated carbocycles. The lowest BCUT2D eigenvalue weighted by molar-refractivity contribution is -0.385. The van der Waals surface area contributed by atoms with E-state index < -0.39 is 4.92 Å². The second-order valence-corrected chi connectivity index (χ2v) is 3.74. The maximum atomic E-state index is 11.0. The lowest BCUT2D eigenvalue weighted by atomic mass is 10.1. The predicted octanol–water partition coefficient (Wildman–Crippen LogP) is 3.01. The maximum Gasteiger partial charge on any atom is 0.316 e. The van der Waals surface area contributed by atoms with E-state index in [1.807, 2.05) is 6.07 Å². The Bertz CT molecular complexity index is 572. The number of benzene rings is 1. The SMILES string of the molecule is Cc1nc(Cl)nc(-c2ccccc2)c1[N+](=O)[O-]. The Morgan fingerprint density at radius 2 is 1.88 bits per heavy atom. The highest BCUT2D eigenvalue weighted by Crippen LogP contribution is 2.30. The van der Waals surface area contributed by atoms with E-state index in [4.69, 9.17) is 11.6 Å². The molecule has 0 atom stereocenters. The van der Waals surface area contributed by atoms with Gasteiger partial charge in [-0.05, 0) is 18.5 Å². The molecule has 0 radical (unpaired) electrons. The highest BCUT2D eigenvalue weighted by molar-refractivity contribution is 6.28. The van der Waals surface area contributed by atoms with Crippen molar-refractivity contribution in [1.29, 1.82) is 0 Å². The van der Waals surface area contributed by atoms with E-state index in [0.29, 0.717) is 5.56 Å². The van der Waals surface area contributed by atoms with Gasteiger partial charge in [-0.1, -0.05) is 30.3 Å². The normalized spacial score (nSPS) is 10.2. The fourth-order valence-electron chi connectivity index (χ4n) is 1.55. The fourth-order valence-corrected chi connectivity index (χ4v) is 1.76. The van der Waals surface area contributed by atoms with Crippen LogP contribution in [0.25, 0.3) is 11.3 Å². The summed E-state index contributed by atoms with van der Waals surface area (Å²) < 4.78 is 0. The van der Waals surface area contributed by atoms with Crippen molar-refractivity contribution in [3.8, 4) is 11.3 Å². The Balaban J connectivity index is 2.72. The first-order chi connectivity index (χ1) is 8.09. The van der Waals surface area contributed by atoms with Gasteiger partial charge in [0.25, 0.3) is 0 Å². The lowest BCUT2D eigenvalue weighted by Crippen LogP contribution is -2.01. The molecule has 6 heteroatoms. The molecule has 0 bridgehead atoms. The van der Waals surface area contributed by atoms with Crippen LogP contribution in [0.1, 0.15) is 5.69 Å². The molecule has 86 valence electrons. The summed E-state index contributed by atoms with van der Waals surface area (Å²) in [5, 5.41) is 11.0. The van der Waals surface area contributed by atoms with Crippen LogP contribution in [0, 0.1) is 17.0 Å². The quantitative estimate of drug-likeness (QED) is 0.466. The van der Waals surface area contributed by atoms with Gasteiger partial charge in [-0.2, -0.15) is 0 Å². The number of aryl methyl sites for hydroxylation is 1. The largest absolute Gasteiger partial charge is 0.316 e. The highest BCUT2D eigenvalue weighted by atomic mass is 35.5. The van der Waals surface area contributed by atoms with E-state index >= 15 is 0 Å². The van der Waals surface area contributed by atoms with Crippen molar-refractivity contribution in [2.45, 2.75) is 6.92 Å². The molecule has 0 saturated heterocycles. The van der Waals surface area contributed by atoms with Crippen LogP contribution < -0.4 is 0 Å². The minimum absolute atomic E-state index is 0.00644. The molecular weight excluding hydrogens is 242 g/mol. The maximum absolute atomic E-state index is 11.0. The Labute approximate surface area is 102 Å². The van der Waals surface area contributed by atoms with Gasteiger partial charge >= 0.3 is 5.69 Å². The van der Waals surface area contributed by atoms with Gasteiger partial charge in [-0.3, -0.25) is 10.1 Å². The van der Waals surface area contributed by atoms with Gasteiger partial charge in [0, 0.05) is 5.56 Å². The smallest absolute Gasteiger partial charge is 0.258 e. The molecule has 0 N–H and O–H groups in total. The first kappa shape index (κ1) is 11.5. The molecule has 2 aromatic rings. The molecule has 1 aromatic carbocycles. The second-order valence-electron chi connectivity index (χ2n) is 3.40. The van der Waals surface area contributed by atoms with Crippen LogP contribution in [0.15, 0.2) is 30.3 Å². The molecular formula is C11H8ClN3O2. The fraction of sp³-hybridized carbons (Fsp3) is 0.0909. The van der Waals surface area contributed by atoms with Crippen LogP contribution >= 0.6 is 11.6 Å². The van der Waals surface area contributed by atoms with Gasteiger partial charge in [0.2, 0.25) is 5.28 Å². The summed E-state index contributed by atoms with van der Waals surface area (Å²) in [5.41, 5.74) is 1.04. The van der Waals surface area contributed by atoms with Crippen molar-refractivity contribution in [3.63, 3.8) is 0 Å². The number of hydrogen-bond acceptors (Lipinski definition) is 4. The summed E-state index contributed by atoms with van der Waals surface area (Å²) in [5.74, 6) is 0. The van der Waals surface area contributed by atoms with Crippen LogP contribution in [0.3, 0.4) is 0 Å². The van der Waals surface area contributed by atoms with Crippen LogP contribution in [-0.2, 0) is 0 Å². The van der Waals surface area contributed by atoms with E-state index in [0.717, 1.165) is 0 Å². The predicted molar refractivity (Wildman–Crippen MR) is 63.9 cm³/mol. The van der Waals surface area contributed by atoms with Crippen molar-refractivity contribution in [3.05, 3.63) is 51.4 Å². The highest BCUT2D eigenvalue weighted by Gasteiger charge is 2.22. The van der Waals surface area contributed by atoms with E-state index in [2.05, 4.69) is 9.97 Å². The third-order valence-electron chi connectivity index (χ3n) is 2.26. The van der Waals surface area contributed by atoms with E-state index in [-0.39, 0.29) is 22.4 Å². The van der Waals surface area contributed by atoms with Crippen LogP contribution in [0.4, 0.5) is 5.69 Å². The molecule has 0 aliphatic heterocycles.